The molecule has 0 unspecified atom stereocenters. The zero-order chi connectivity index (χ0) is 11.5. The number of anilines is 1. The van der Waals surface area contributed by atoms with Gasteiger partial charge in [0.15, 0.2) is 11.6 Å². The highest BCUT2D eigenvalue weighted by Crippen LogP contribution is 2.25. The van der Waals surface area contributed by atoms with Crippen LogP contribution >= 0.6 is 0 Å². The van der Waals surface area contributed by atoms with E-state index in [1.54, 1.807) is 0 Å². The van der Waals surface area contributed by atoms with Crippen molar-refractivity contribution in [3.05, 3.63) is 48.2 Å². The summed E-state index contributed by atoms with van der Waals surface area (Å²) in [7, 11) is 0. The molecular weight excluding hydrogens is 214 g/mol. The van der Waals surface area contributed by atoms with E-state index in [1.165, 1.54) is 24.4 Å². The molecule has 3 nitrogen and oxygen atoms in total. The van der Waals surface area contributed by atoms with Crippen molar-refractivity contribution in [2.75, 3.05) is 5.73 Å². The van der Waals surface area contributed by atoms with Gasteiger partial charge >= 0.3 is 0 Å². The van der Waals surface area contributed by atoms with Gasteiger partial charge in [-0.3, -0.25) is 0 Å². The van der Waals surface area contributed by atoms with Gasteiger partial charge in [-0.1, -0.05) is 0 Å². The fourth-order valence-electron chi connectivity index (χ4n) is 1.18. The smallest absolute Gasteiger partial charge is 0.168 e. The lowest BCUT2D eigenvalue weighted by Gasteiger charge is -2.06. The van der Waals surface area contributed by atoms with Gasteiger partial charge in [0.25, 0.3) is 0 Å². The van der Waals surface area contributed by atoms with Crippen molar-refractivity contribution in [2.24, 2.45) is 0 Å². The molecule has 0 saturated heterocycles. The number of rotatable bonds is 2. The van der Waals surface area contributed by atoms with E-state index in [4.69, 9.17) is 10.5 Å². The van der Waals surface area contributed by atoms with Gasteiger partial charge < -0.3 is 10.5 Å². The number of hydrogen-bond donors (Lipinski definition) is 1. The topological polar surface area (TPSA) is 48.1 Å². The first-order chi connectivity index (χ1) is 7.65. The molecule has 0 atom stereocenters. The van der Waals surface area contributed by atoms with E-state index in [2.05, 4.69) is 4.98 Å². The van der Waals surface area contributed by atoms with Crippen molar-refractivity contribution in [1.82, 2.24) is 4.98 Å². The van der Waals surface area contributed by atoms with Crippen molar-refractivity contribution in [2.45, 2.75) is 0 Å². The summed E-state index contributed by atoms with van der Waals surface area (Å²) in [6, 6.07) is 6.05. The molecule has 5 heteroatoms. The van der Waals surface area contributed by atoms with Crippen LogP contribution in [0.15, 0.2) is 36.5 Å². The molecule has 0 saturated carbocycles. The molecule has 2 rings (SSSR count). The molecular formula is C11H8F2N2O. The summed E-state index contributed by atoms with van der Waals surface area (Å²) in [5.41, 5.74) is 5.43. The van der Waals surface area contributed by atoms with Crippen LogP contribution in [0.4, 0.5) is 14.6 Å². The van der Waals surface area contributed by atoms with Gasteiger partial charge in [0.1, 0.15) is 17.4 Å². The molecule has 1 heterocycles. The normalized spacial score (nSPS) is 10.1. The zero-order valence-electron chi connectivity index (χ0n) is 8.15. The number of hydrogen-bond acceptors (Lipinski definition) is 3. The second-order valence-electron chi connectivity index (χ2n) is 3.09. The summed E-state index contributed by atoms with van der Waals surface area (Å²) >= 11 is 0. The molecule has 82 valence electrons. The Morgan fingerprint density at radius 2 is 1.94 bits per heavy atom. The summed E-state index contributed by atoms with van der Waals surface area (Å²) in [6.45, 7) is 0. The van der Waals surface area contributed by atoms with Crippen LogP contribution in [-0.4, -0.2) is 4.98 Å². The fraction of sp³-hybridized carbons (Fsp3) is 0. The van der Waals surface area contributed by atoms with Gasteiger partial charge in [-0.05, 0) is 18.2 Å². The number of nitrogen functional groups attached to an aromatic ring is 1. The maximum Gasteiger partial charge on any atom is 0.168 e. The van der Waals surface area contributed by atoms with Crippen LogP contribution < -0.4 is 10.5 Å². The van der Waals surface area contributed by atoms with Crippen LogP contribution in [0.5, 0.6) is 11.5 Å². The number of nitrogens with two attached hydrogens (primary N) is 1. The molecule has 0 fully saturated rings. The highest BCUT2D eigenvalue weighted by Gasteiger charge is 2.06. The highest BCUT2D eigenvalue weighted by molar-refractivity contribution is 5.39. The van der Waals surface area contributed by atoms with E-state index in [0.717, 1.165) is 12.1 Å². The van der Waals surface area contributed by atoms with Crippen LogP contribution in [0, 0.1) is 11.6 Å². The Hall–Kier alpha value is -2.17. The quantitative estimate of drug-likeness (QED) is 0.849. The maximum atomic E-state index is 13.2. The first-order valence-corrected chi connectivity index (χ1v) is 4.49. The number of halogens is 2. The Morgan fingerprint density at radius 3 is 2.62 bits per heavy atom. The largest absolute Gasteiger partial charge is 0.454 e. The second kappa shape index (κ2) is 4.14. The molecule has 0 bridgehead atoms. The Kier molecular flexibility index (Phi) is 2.68. The third-order valence-electron chi connectivity index (χ3n) is 1.87. The minimum atomic E-state index is -0.768. The molecule has 0 spiro atoms. The third kappa shape index (κ3) is 2.25. The fourth-order valence-corrected chi connectivity index (χ4v) is 1.18. The Balaban J connectivity index is 2.27. The lowest BCUT2D eigenvalue weighted by atomic mass is 10.3. The first-order valence-electron chi connectivity index (χ1n) is 4.49. The van der Waals surface area contributed by atoms with Crippen molar-refractivity contribution in [1.29, 1.82) is 0 Å². The van der Waals surface area contributed by atoms with Crippen molar-refractivity contribution in [3.63, 3.8) is 0 Å². The number of aromatic nitrogens is 1. The molecule has 2 aromatic rings. The Labute approximate surface area is 90.5 Å². The third-order valence-corrected chi connectivity index (χ3v) is 1.87. The second-order valence-corrected chi connectivity index (χ2v) is 3.09. The van der Waals surface area contributed by atoms with Crippen molar-refractivity contribution < 1.29 is 13.5 Å². The Morgan fingerprint density at radius 1 is 1.12 bits per heavy atom. The maximum absolute atomic E-state index is 13.2. The van der Waals surface area contributed by atoms with Crippen molar-refractivity contribution in [3.8, 4) is 11.5 Å². The number of benzene rings is 1. The van der Waals surface area contributed by atoms with E-state index in [-0.39, 0.29) is 11.6 Å². The Bertz CT molecular complexity index is 517. The zero-order valence-corrected chi connectivity index (χ0v) is 8.15. The van der Waals surface area contributed by atoms with E-state index < -0.39 is 11.6 Å². The summed E-state index contributed by atoms with van der Waals surface area (Å²) in [4.78, 5) is 3.76. The molecule has 0 aliphatic rings. The summed E-state index contributed by atoms with van der Waals surface area (Å²) in [5, 5.41) is 0. The minimum Gasteiger partial charge on any atom is -0.454 e. The molecule has 0 radical (unpaired) electrons. The molecule has 1 aromatic heterocycles. The van der Waals surface area contributed by atoms with E-state index in [9.17, 15) is 8.78 Å². The summed E-state index contributed by atoms with van der Waals surface area (Å²) < 4.78 is 31.0. The monoisotopic (exact) mass is 222 g/mol. The minimum absolute atomic E-state index is 0.0630. The highest BCUT2D eigenvalue weighted by atomic mass is 19.1. The average molecular weight is 222 g/mol. The van der Waals surface area contributed by atoms with E-state index in [1.807, 2.05) is 0 Å². The molecule has 2 N–H and O–H groups in total. The molecule has 0 amide bonds. The molecule has 1 aromatic carbocycles. The molecule has 0 aliphatic carbocycles. The van der Waals surface area contributed by atoms with Gasteiger partial charge in [-0.2, -0.15) is 0 Å². The first kappa shape index (κ1) is 10.4. The van der Waals surface area contributed by atoms with Crippen LogP contribution in [0.2, 0.25) is 0 Å². The van der Waals surface area contributed by atoms with Gasteiger partial charge in [0.2, 0.25) is 0 Å². The van der Waals surface area contributed by atoms with Crippen LogP contribution in [0.1, 0.15) is 0 Å². The van der Waals surface area contributed by atoms with Crippen LogP contribution in [0.3, 0.4) is 0 Å². The summed E-state index contributed by atoms with van der Waals surface area (Å²) in [5.74, 6) is -0.875. The predicted octanol–water partition coefficient (Wildman–Crippen LogP) is 2.73. The van der Waals surface area contributed by atoms with E-state index in [0.29, 0.717) is 5.75 Å². The molecule has 16 heavy (non-hydrogen) atoms. The predicted molar refractivity (Wildman–Crippen MR) is 55.1 cm³/mol. The van der Waals surface area contributed by atoms with Crippen molar-refractivity contribution >= 4 is 5.82 Å². The standard InChI is InChI=1S/C11H8F2N2O/c12-7-1-2-10(9(13)5-7)16-8-3-4-15-11(14)6-8/h1-6H,(H2,14,15). The van der Waals surface area contributed by atoms with Gasteiger partial charge in [-0.15, -0.1) is 0 Å². The van der Waals surface area contributed by atoms with E-state index >= 15 is 0 Å². The lowest BCUT2D eigenvalue weighted by Crippen LogP contribution is -1.92. The lowest BCUT2D eigenvalue weighted by molar-refractivity contribution is 0.437. The van der Waals surface area contributed by atoms with Gasteiger partial charge in [-0.25, -0.2) is 13.8 Å². The number of pyridine rings is 1. The number of nitrogens with zero attached hydrogens (tertiary/aromatic N) is 1. The SMILES string of the molecule is Nc1cc(Oc2ccc(F)cc2F)ccn1. The summed E-state index contributed by atoms with van der Waals surface area (Å²) in [6.07, 6.45) is 1.44. The molecule has 0 aliphatic heterocycles. The van der Waals surface area contributed by atoms with Gasteiger partial charge in [0, 0.05) is 18.3 Å². The average Bonchev–Trinajstić information content (AvgIpc) is 2.22. The van der Waals surface area contributed by atoms with Gasteiger partial charge in [0.05, 0.1) is 0 Å². The number of ether oxygens (including phenoxy) is 1. The van der Waals surface area contributed by atoms with Crippen LogP contribution in [0.25, 0.3) is 0 Å². The van der Waals surface area contributed by atoms with Crippen LogP contribution in [-0.2, 0) is 0 Å².